The number of halogens is 2. The average Bonchev–Trinajstić information content (AvgIpc) is 2.36. The Kier molecular flexibility index (Phi) is 4.75. The first-order valence-electron chi connectivity index (χ1n) is 5.28. The summed E-state index contributed by atoms with van der Waals surface area (Å²) in [5, 5.41) is 8.95. The maximum atomic E-state index is 12.7. The molecule has 1 aromatic carbocycles. The topological polar surface area (TPSA) is 76.1 Å². The third kappa shape index (κ3) is 2.63. The van der Waals surface area contributed by atoms with E-state index in [4.69, 9.17) is 15.7 Å². The molecule has 0 saturated heterocycles. The zero-order chi connectivity index (χ0) is 13.7. The van der Waals surface area contributed by atoms with E-state index in [2.05, 4.69) is 0 Å². The number of esters is 1. The van der Waals surface area contributed by atoms with Gasteiger partial charge in [0.1, 0.15) is 6.07 Å². The molecule has 0 aromatic heterocycles. The van der Waals surface area contributed by atoms with Gasteiger partial charge >= 0.3 is 5.97 Å². The first kappa shape index (κ1) is 14.1. The summed E-state index contributed by atoms with van der Waals surface area (Å²) in [6.07, 6.45) is -2.83. The van der Waals surface area contributed by atoms with Crippen molar-refractivity contribution in [3.05, 3.63) is 34.4 Å². The van der Waals surface area contributed by atoms with E-state index in [0.29, 0.717) is 5.56 Å². The van der Waals surface area contributed by atoms with Crippen LogP contribution in [0.5, 0.6) is 0 Å². The van der Waals surface area contributed by atoms with Crippen molar-refractivity contribution in [2.24, 2.45) is 5.73 Å². The van der Waals surface area contributed by atoms with Gasteiger partial charge in [0.25, 0.3) is 6.43 Å². The lowest BCUT2D eigenvalue weighted by Gasteiger charge is -2.12. The van der Waals surface area contributed by atoms with Gasteiger partial charge < -0.3 is 10.5 Å². The van der Waals surface area contributed by atoms with Crippen LogP contribution in [0.2, 0.25) is 0 Å². The Hall–Kier alpha value is -2.00. The second kappa shape index (κ2) is 6.07. The van der Waals surface area contributed by atoms with E-state index in [1.807, 2.05) is 0 Å². The predicted molar refractivity (Wildman–Crippen MR) is 60.0 cm³/mol. The number of carbonyl (C=O) groups excluding carboxylic acids is 1. The third-order valence-electron chi connectivity index (χ3n) is 2.37. The Balaban J connectivity index is 3.48. The van der Waals surface area contributed by atoms with E-state index in [9.17, 15) is 13.6 Å². The molecule has 0 aliphatic heterocycles. The number of nitrogens with zero attached hydrogens (tertiary/aromatic N) is 1. The van der Waals surface area contributed by atoms with Crippen LogP contribution >= 0.6 is 0 Å². The predicted octanol–water partition coefficient (Wildman–Crippen LogP) is 2.13. The van der Waals surface area contributed by atoms with Crippen molar-refractivity contribution in [2.45, 2.75) is 19.9 Å². The van der Waals surface area contributed by atoms with Crippen molar-refractivity contribution in [1.29, 1.82) is 5.26 Å². The summed E-state index contributed by atoms with van der Waals surface area (Å²) in [4.78, 5) is 11.7. The molecule has 0 aliphatic carbocycles. The first-order chi connectivity index (χ1) is 8.56. The number of benzene rings is 1. The number of alkyl halides is 2. The average molecular weight is 254 g/mol. The van der Waals surface area contributed by atoms with Gasteiger partial charge in [0, 0.05) is 12.1 Å². The van der Waals surface area contributed by atoms with E-state index < -0.39 is 18.0 Å². The highest BCUT2D eigenvalue weighted by Gasteiger charge is 2.23. The Morgan fingerprint density at radius 3 is 2.67 bits per heavy atom. The maximum absolute atomic E-state index is 12.7. The van der Waals surface area contributed by atoms with Crippen molar-refractivity contribution in [3.8, 4) is 6.07 Å². The monoisotopic (exact) mass is 254 g/mol. The SMILES string of the molecule is CCOC(=O)c1c(CN)ccc(C(F)F)c1C#N. The number of hydrogen-bond donors (Lipinski definition) is 1. The largest absolute Gasteiger partial charge is 0.462 e. The molecule has 4 nitrogen and oxygen atoms in total. The molecule has 0 radical (unpaired) electrons. The van der Waals surface area contributed by atoms with Crippen LogP contribution in [-0.4, -0.2) is 12.6 Å². The van der Waals surface area contributed by atoms with E-state index in [1.165, 1.54) is 6.07 Å². The lowest BCUT2D eigenvalue weighted by molar-refractivity contribution is 0.0524. The molecule has 1 rings (SSSR count). The summed E-state index contributed by atoms with van der Waals surface area (Å²) in [7, 11) is 0. The molecule has 2 N–H and O–H groups in total. The summed E-state index contributed by atoms with van der Waals surface area (Å²) in [6, 6.07) is 4.04. The zero-order valence-corrected chi connectivity index (χ0v) is 9.74. The van der Waals surface area contributed by atoms with Crippen LogP contribution in [0, 0.1) is 11.3 Å². The Labute approximate surface area is 103 Å². The van der Waals surface area contributed by atoms with Gasteiger partial charge in [0.2, 0.25) is 0 Å². The number of nitriles is 1. The van der Waals surface area contributed by atoms with E-state index in [0.717, 1.165) is 6.07 Å². The minimum atomic E-state index is -2.83. The van der Waals surface area contributed by atoms with Crippen LogP contribution in [0.3, 0.4) is 0 Å². The number of hydrogen-bond acceptors (Lipinski definition) is 4. The second-order valence-corrected chi connectivity index (χ2v) is 3.40. The molecule has 0 saturated carbocycles. The second-order valence-electron chi connectivity index (χ2n) is 3.40. The molecule has 0 fully saturated rings. The van der Waals surface area contributed by atoms with Gasteiger partial charge in [0.15, 0.2) is 0 Å². The molecule has 0 unspecified atom stereocenters. The quantitative estimate of drug-likeness (QED) is 0.835. The van der Waals surface area contributed by atoms with Gasteiger partial charge in [-0.3, -0.25) is 0 Å². The molecule has 0 aliphatic rings. The molecular formula is C12H12F2N2O2. The Bertz CT molecular complexity index is 496. The molecule has 0 heterocycles. The molecule has 96 valence electrons. The molecule has 0 amide bonds. The van der Waals surface area contributed by atoms with E-state index in [1.54, 1.807) is 13.0 Å². The van der Waals surface area contributed by atoms with Crippen molar-refractivity contribution < 1.29 is 18.3 Å². The first-order valence-corrected chi connectivity index (χ1v) is 5.28. The molecule has 18 heavy (non-hydrogen) atoms. The Morgan fingerprint density at radius 2 is 2.22 bits per heavy atom. The number of carbonyl (C=O) groups is 1. The summed E-state index contributed by atoms with van der Waals surface area (Å²) in [5.41, 5.74) is 4.72. The highest BCUT2D eigenvalue weighted by atomic mass is 19.3. The third-order valence-corrected chi connectivity index (χ3v) is 2.37. The van der Waals surface area contributed by atoms with Gasteiger partial charge in [-0.05, 0) is 12.5 Å². The molecular weight excluding hydrogens is 242 g/mol. The van der Waals surface area contributed by atoms with Gasteiger partial charge in [-0.1, -0.05) is 12.1 Å². The summed E-state index contributed by atoms with van der Waals surface area (Å²) in [5.74, 6) is -0.808. The van der Waals surface area contributed by atoms with Crippen molar-refractivity contribution in [3.63, 3.8) is 0 Å². The molecule has 0 atom stereocenters. The highest BCUT2D eigenvalue weighted by Crippen LogP contribution is 2.27. The number of ether oxygens (including phenoxy) is 1. The van der Waals surface area contributed by atoms with Crippen molar-refractivity contribution >= 4 is 5.97 Å². The fraction of sp³-hybridized carbons (Fsp3) is 0.333. The van der Waals surface area contributed by atoms with Crippen LogP contribution < -0.4 is 5.73 Å². The molecule has 0 bridgehead atoms. The van der Waals surface area contributed by atoms with Gasteiger partial charge in [0.05, 0.1) is 17.7 Å². The zero-order valence-electron chi connectivity index (χ0n) is 9.74. The summed E-state index contributed by atoms with van der Waals surface area (Å²) >= 11 is 0. The number of nitrogens with two attached hydrogens (primary N) is 1. The molecule has 1 aromatic rings. The number of rotatable bonds is 4. The maximum Gasteiger partial charge on any atom is 0.339 e. The molecule has 0 spiro atoms. The fourth-order valence-corrected chi connectivity index (χ4v) is 1.57. The van der Waals surface area contributed by atoms with Crippen LogP contribution in [-0.2, 0) is 11.3 Å². The Morgan fingerprint density at radius 1 is 1.56 bits per heavy atom. The van der Waals surface area contributed by atoms with Crippen LogP contribution in [0.4, 0.5) is 8.78 Å². The van der Waals surface area contributed by atoms with E-state index >= 15 is 0 Å². The van der Waals surface area contributed by atoms with Gasteiger partial charge in [-0.15, -0.1) is 0 Å². The van der Waals surface area contributed by atoms with Crippen LogP contribution in [0.15, 0.2) is 12.1 Å². The highest BCUT2D eigenvalue weighted by molar-refractivity contribution is 5.94. The lowest BCUT2D eigenvalue weighted by atomic mass is 9.96. The van der Waals surface area contributed by atoms with Crippen LogP contribution in [0.25, 0.3) is 0 Å². The van der Waals surface area contributed by atoms with Crippen molar-refractivity contribution in [2.75, 3.05) is 6.61 Å². The smallest absolute Gasteiger partial charge is 0.339 e. The van der Waals surface area contributed by atoms with E-state index in [-0.39, 0.29) is 24.3 Å². The minimum absolute atomic E-state index is 0.0354. The van der Waals surface area contributed by atoms with Crippen LogP contribution in [0.1, 0.15) is 40.4 Å². The lowest BCUT2D eigenvalue weighted by Crippen LogP contribution is -2.14. The summed E-state index contributed by atoms with van der Waals surface area (Å²) < 4.78 is 30.2. The molecule has 6 heteroatoms. The van der Waals surface area contributed by atoms with Crippen molar-refractivity contribution in [1.82, 2.24) is 0 Å². The summed E-state index contributed by atoms with van der Waals surface area (Å²) in [6.45, 7) is 1.64. The normalized spacial score (nSPS) is 10.2. The van der Waals surface area contributed by atoms with Gasteiger partial charge in [-0.2, -0.15) is 5.26 Å². The fourth-order valence-electron chi connectivity index (χ4n) is 1.57. The standard InChI is InChI=1S/C12H12F2N2O2/c1-2-18-12(17)10-7(5-15)3-4-8(11(13)14)9(10)6-16/h3-4,11H,2,5,15H2,1H3. The van der Waals surface area contributed by atoms with Gasteiger partial charge in [-0.25, -0.2) is 13.6 Å². The minimum Gasteiger partial charge on any atom is -0.462 e.